The molecule has 2 N–H and O–H groups in total. The summed E-state index contributed by atoms with van der Waals surface area (Å²) in [6.45, 7) is 4.90. The van der Waals surface area contributed by atoms with E-state index < -0.39 is 23.7 Å². The quantitative estimate of drug-likeness (QED) is 0.579. The predicted molar refractivity (Wildman–Crippen MR) is 124 cm³/mol. The third-order valence-electron chi connectivity index (χ3n) is 5.89. The van der Waals surface area contributed by atoms with E-state index in [1.165, 1.54) is 6.92 Å². The number of aliphatic hydroxyl groups is 1. The molecule has 33 heavy (non-hydrogen) atoms. The molecule has 3 aromatic carbocycles. The first-order chi connectivity index (χ1) is 15.7. The lowest BCUT2D eigenvalue weighted by Crippen LogP contribution is -2.53. The molecule has 1 amide bonds. The summed E-state index contributed by atoms with van der Waals surface area (Å²) in [4.78, 5) is 38.4. The van der Waals surface area contributed by atoms with Crippen molar-refractivity contribution in [2.45, 2.75) is 38.5 Å². The highest BCUT2D eigenvalue weighted by molar-refractivity contribution is 6.15. The van der Waals surface area contributed by atoms with Crippen molar-refractivity contribution >= 4 is 17.5 Å². The van der Waals surface area contributed by atoms with Crippen molar-refractivity contribution in [1.29, 1.82) is 0 Å². The minimum atomic E-state index is -1.09. The maximum atomic E-state index is 13.4. The molecule has 0 unspecified atom stereocenters. The van der Waals surface area contributed by atoms with Crippen molar-refractivity contribution in [3.05, 3.63) is 101 Å². The number of amides is 1. The molecule has 0 bridgehead atoms. The highest BCUT2D eigenvalue weighted by Crippen LogP contribution is 2.40. The largest absolute Gasteiger partial charge is 0.485 e. The Hall–Kier alpha value is -3.77. The lowest BCUT2D eigenvalue weighted by molar-refractivity contribution is -0.0627. The molecule has 0 fully saturated rings. The van der Waals surface area contributed by atoms with Gasteiger partial charge in [0.05, 0.1) is 11.6 Å². The van der Waals surface area contributed by atoms with Crippen LogP contribution in [-0.4, -0.2) is 34.3 Å². The van der Waals surface area contributed by atoms with Crippen LogP contribution in [0.3, 0.4) is 0 Å². The van der Waals surface area contributed by atoms with Crippen LogP contribution in [0.4, 0.5) is 0 Å². The molecule has 1 heterocycles. The number of carbonyl (C=O) groups is 3. The van der Waals surface area contributed by atoms with Gasteiger partial charge in [0, 0.05) is 22.3 Å². The topological polar surface area (TPSA) is 92.7 Å². The number of ketones is 2. The van der Waals surface area contributed by atoms with E-state index in [4.69, 9.17) is 4.74 Å². The zero-order valence-corrected chi connectivity index (χ0v) is 18.7. The van der Waals surface area contributed by atoms with Crippen molar-refractivity contribution in [2.24, 2.45) is 0 Å². The molecule has 1 aliphatic rings. The van der Waals surface area contributed by atoms with E-state index in [1.54, 1.807) is 80.6 Å². The summed E-state index contributed by atoms with van der Waals surface area (Å²) in [6, 6.07) is 19.4. The molecule has 3 aromatic rings. The van der Waals surface area contributed by atoms with Gasteiger partial charge in [-0.3, -0.25) is 14.4 Å². The summed E-state index contributed by atoms with van der Waals surface area (Å²) in [7, 11) is 0. The maximum absolute atomic E-state index is 13.4. The van der Waals surface area contributed by atoms with Crippen LogP contribution in [0.5, 0.6) is 5.75 Å². The number of benzene rings is 3. The standard InChI is InChI=1S/C27H25NO5/c1-16(29)18-13-14-22-21(15-18)23(25(31)27(2,3)33-22)28-26(32)20-12-8-7-11-19(20)24(30)17-9-5-4-6-10-17/h4-15,23,25,31H,1-3H3,(H,28,32)/t23-,25+/m1/s1. The van der Waals surface area contributed by atoms with Crippen LogP contribution in [0.15, 0.2) is 72.8 Å². The fourth-order valence-electron chi connectivity index (χ4n) is 4.02. The molecule has 0 saturated heterocycles. The van der Waals surface area contributed by atoms with Crippen LogP contribution >= 0.6 is 0 Å². The number of hydrogen-bond donors (Lipinski definition) is 2. The first-order valence-corrected chi connectivity index (χ1v) is 10.7. The first kappa shape index (κ1) is 22.4. The van der Waals surface area contributed by atoms with E-state index in [0.29, 0.717) is 22.4 Å². The van der Waals surface area contributed by atoms with Gasteiger partial charge in [-0.25, -0.2) is 0 Å². The number of aliphatic hydroxyl groups excluding tert-OH is 1. The molecule has 0 aliphatic carbocycles. The van der Waals surface area contributed by atoms with Gasteiger partial charge in [-0.15, -0.1) is 0 Å². The Kier molecular flexibility index (Phi) is 5.87. The Bertz CT molecular complexity index is 1230. The molecule has 2 atom stereocenters. The summed E-state index contributed by atoms with van der Waals surface area (Å²) < 4.78 is 5.94. The van der Waals surface area contributed by atoms with Gasteiger partial charge in [0.15, 0.2) is 11.6 Å². The number of carbonyl (C=O) groups excluding carboxylic acids is 3. The second kappa shape index (κ2) is 8.64. The predicted octanol–water partition coefficient (Wildman–Crippen LogP) is 4.12. The van der Waals surface area contributed by atoms with Crippen LogP contribution in [0.2, 0.25) is 0 Å². The number of fused-ring (bicyclic) bond motifs is 1. The number of nitrogens with one attached hydrogen (secondary N) is 1. The van der Waals surface area contributed by atoms with Crippen molar-refractivity contribution in [3.8, 4) is 5.75 Å². The lowest BCUT2D eigenvalue weighted by atomic mass is 9.85. The Morgan fingerprint density at radius 1 is 0.879 bits per heavy atom. The van der Waals surface area contributed by atoms with E-state index in [9.17, 15) is 19.5 Å². The Morgan fingerprint density at radius 3 is 2.18 bits per heavy atom. The monoisotopic (exact) mass is 443 g/mol. The Balaban J connectivity index is 1.72. The second-order valence-corrected chi connectivity index (χ2v) is 8.65. The number of ether oxygens (including phenoxy) is 1. The smallest absolute Gasteiger partial charge is 0.252 e. The second-order valence-electron chi connectivity index (χ2n) is 8.65. The van der Waals surface area contributed by atoms with Gasteiger partial charge in [-0.05, 0) is 45.0 Å². The summed E-state index contributed by atoms with van der Waals surface area (Å²) in [5.41, 5.74) is 0.911. The molecule has 0 radical (unpaired) electrons. The lowest BCUT2D eigenvalue weighted by Gasteiger charge is -2.42. The van der Waals surface area contributed by atoms with E-state index >= 15 is 0 Å². The minimum absolute atomic E-state index is 0.138. The summed E-state index contributed by atoms with van der Waals surface area (Å²) in [5.74, 6) is -0.431. The minimum Gasteiger partial charge on any atom is -0.485 e. The molecule has 6 heteroatoms. The van der Waals surface area contributed by atoms with Gasteiger partial charge in [0.2, 0.25) is 0 Å². The van der Waals surface area contributed by atoms with Crippen LogP contribution in [0.1, 0.15) is 69.0 Å². The number of Topliss-reactive ketones (excluding diaryl/α,β-unsaturated/α-hetero) is 1. The normalized spacial score (nSPS) is 18.5. The molecule has 0 aromatic heterocycles. The van der Waals surface area contributed by atoms with E-state index in [0.717, 1.165) is 0 Å². The van der Waals surface area contributed by atoms with Crippen LogP contribution < -0.4 is 10.1 Å². The van der Waals surface area contributed by atoms with Gasteiger partial charge >= 0.3 is 0 Å². The Morgan fingerprint density at radius 2 is 1.52 bits per heavy atom. The van der Waals surface area contributed by atoms with Crippen molar-refractivity contribution in [3.63, 3.8) is 0 Å². The molecule has 4 rings (SSSR count). The zero-order chi connectivity index (χ0) is 23.8. The molecule has 6 nitrogen and oxygen atoms in total. The third-order valence-corrected chi connectivity index (χ3v) is 5.89. The maximum Gasteiger partial charge on any atom is 0.252 e. The highest BCUT2D eigenvalue weighted by atomic mass is 16.5. The summed E-state index contributed by atoms with van der Waals surface area (Å²) in [5, 5.41) is 13.9. The zero-order valence-electron chi connectivity index (χ0n) is 18.7. The van der Waals surface area contributed by atoms with E-state index in [2.05, 4.69) is 5.32 Å². The highest BCUT2D eigenvalue weighted by Gasteiger charge is 2.44. The van der Waals surface area contributed by atoms with Gasteiger partial charge in [0.25, 0.3) is 5.91 Å². The molecular weight excluding hydrogens is 418 g/mol. The molecular formula is C27H25NO5. The molecule has 0 saturated carbocycles. The summed E-state index contributed by atoms with van der Waals surface area (Å²) >= 11 is 0. The molecule has 168 valence electrons. The molecule has 1 aliphatic heterocycles. The Labute approximate surface area is 192 Å². The van der Waals surface area contributed by atoms with Crippen LogP contribution in [0.25, 0.3) is 0 Å². The fourth-order valence-corrected chi connectivity index (χ4v) is 4.02. The van der Waals surface area contributed by atoms with Crippen molar-refractivity contribution in [2.75, 3.05) is 0 Å². The number of rotatable bonds is 5. The number of hydrogen-bond acceptors (Lipinski definition) is 5. The van der Waals surface area contributed by atoms with Gasteiger partial charge in [-0.1, -0.05) is 48.5 Å². The van der Waals surface area contributed by atoms with Gasteiger partial charge < -0.3 is 15.2 Å². The van der Waals surface area contributed by atoms with Crippen LogP contribution in [0, 0.1) is 0 Å². The SMILES string of the molecule is CC(=O)c1ccc2c(c1)[C@@H](NC(=O)c1ccccc1C(=O)c1ccccc1)[C@H](O)C(C)(C)O2. The van der Waals surface area contributed by atoms with Gasteiger partial charge in [-0.2, -0.15) is 0 Å². The van der Waals surface area contributed by atoms with Crippen molar-refractivity contribution in [1.82, 2.24) is 5.32 Å². The average Bonchev–Trinajstić information content (AvgIpc) is 2.81. The first-order valence-electron chi connectivity index (χ1n) is 10.7. The average molecular weight is 443 g/mol. The van der Waals surface area contributed by atoms with E-state index in [-0.39, 0.29) is 22.7 Å². The molecule has 0 spiro atoms. The van der Waals surface area contributed by atoms with Crippen LogP contribution in [-0.2, 0) is 0 Å². The summed E-state index contributed by atoms with van der Waals surface area (Å²) in [6.07, 6.45) is -1.09. The fraction of sp³-hybridized carbons (Fsp3) is 0.222. The van der Waals surface area contributed by atoms with Crippen molar-refractivity contribution < 1.29 is 24.2 Å². The van der Waals surface area contributed by atoms with E-state index in [1.807, 2.05) is 6.07 Å². The van der Waals surface area contributed by atoms with Gasteiger partial charge in [0.1, 0.15) is 17.5 Å². The third kappa shape index (κ3) is 4.30.